The van der Waals surface area contributed by atoms with E-state index in [0.29, 0.717) is 5.92 Å². The van der Waals surface area contributed by atoms with Crippen molar-refractivity contribution in [3.8, 4) is 0 Å². The Bertz CT molecular complexity index is 273. The van der Waals surface area contributed by atoms with Crippen molar-refractivity contribution < 1.29 is 5.11 Å². The predicted molar refractivity (Wildman–Crippen MR) is 66.7 cm³/mol. The van der Waals surface area contributed by atoms with E-state index in [-0.39, 0.29) is 6.61 Å². The van der Waals surface area contributed by atoms with Gasteiger partial charge in [-0.2, -0.15) is 11.8 Å². The van der Waals surface area contributed by atoms with E-state index in [4.69, 9.17) is 10.8 Å². The lowest BCUT2D eigenvalue weighted by molar-refractivity contribution is 0.282. The summed E-state index contributed by atoms with van der Waals surface area (Å²) in [5.41, 5.74) is 7.83. The molecular formula is C12H19NOS. The van der Waals surface area contributed by atoms with Gasteiger partial charge in [0, 0.05) is 5.75 Å². The van der Waals surface area contributed by atoms with Crippen LogP contribution in [-0.2, 0) is 12.4 Å². The van der Waals surface area contributed by atoms with Gasteiger partial charge < -0.3 is 10.8 Å². The third-order valence-corrected chi connectivity index (χ3v) is 3.62. The Kier molecular flexibility index (Phi) is 5.76. The van der Waals surface area contributed by atoms with Crippen LogP contribution in [0.4, 0.5) is 0 Å². The summed E-state index contributed by atoms with van der Waals surface area (Å²) < 4.78 is 0. The van der Waals surface area contributed by atoms with Crippen molar-refractivity contribution in [2.24, 2.45) is 11.7 Å². The molecule has 0 saturated carbocycles. The molecule has 0 aromatic heterocycles. The van der Waals surface area contributed by atoms with E-state index in [1.165, 1.54) is 5.56 Å². The van der Waals surface area contributed by atoms with Gasteiger partial charge in [0.15, 0.2) is 0 Å². The van der Waals surface area contributed by atoms with Gasteiger partial charge >= 0.3 is 0 Å². The van der Waals surface area contributed by atoms with E-state index < -0.39 is 0 Å². The summed E-state index contributed by atoms with van der Waals surface area (Å²) in [7, 11) is 0. The van der Waals surface area contributed by atoms with Gasteiger partial charge in [0.05, 0.1) is 6.61 Å². The highest BCUT2D eigenvalue weighted by molar-refractivity contribution is 7.98. The van der Waals surface area contributed by atoms with Crippen LogP contribution >= 0.6 is 11.8 Å². The minimum atomic E-state index is 0.123. The van der Waals surface area contributed by atoms with Crippen LogP contribution in [-0.4, -0.2) is 17.4 Å². The highest BCUT2D eigenvalue weighted by Crippen LogP contribution is 2.15. The van der Waals surface area contributed by atoms with Crippen molar-refractivity contribution in [1.29, 1.82) is 0 Å². The van der Waals surface area contributed by atoms with Gasteiger partial charge in [-0.1, -0.05) is 31.2 Å². The van der Waals surface area contributed by atoms with E-state index in [1.54, 1.807) is 0 Å². The summed E-state index contributed by atoms with van der Waals surface area (Å²) in [6.07, 6.45) is 0. The van der Waals surface area contributed by atoms with Crippen LogP contribution in [0.15, 0.2) is 24.3 Å². The summed E-state index contributed by atoms with van der Waals surface area (Å²) in [6, 6.07) is 8.10. The van der Waals surface area contributed by atoms with Gasteiger partial charge in [0.25, 0.3) is 0 Å². The number of hydrogen-bond acceptors (Lipinski definition) is 3. The zero-order valence-corrected chi connectivity index (χ0v) is 9.96. The first kappa shape index (κ1) is 12.6. The third-order valence-electron chi connectivity index (χ3n) is 2.28. The molecular weight excluding hydrogens is 206 g/mol. The van der Waals surface area contributed by atoms with E-state index in [2.05, 4.69) is 19.1 Å². The summed E-state index contributed by atoms with van der Waals surface area (Å²) in [5, 5.41) is 8.89. The average Bonchev–Trinajstić information content (AvgIpc) is 2.29. The number of benzene rings is 1. The van der Waals surface area contributed by atoms with E-state index >= 15 is 0 Å². The fourth-order valence-electron chi connectivity index (χ4n) is 1.19. The second kappa shape index (κ2) is 6.88. The summed E-state index contributed by atoms with van der Waals surface area (Å²) >= 11 is 1.91. The molecule has 1 aromatic rings. The smallest absolute Gasteiger partial charge is 0.0681 e. The highest BCUT2D eigenvalue weighted by Gasteiger charge is 1.99. The van der Waals surface area contributed by atoms with Crippen molar-refractivity contribution in [2.45, 2.75) is 19.3 Å². The number of thioether (sulfide) groups is 1. The molecule has 0 fully saturated rings. The molecule has 0 heterocycles. The SMILES string of the molecule is CC(CN)CSCc1ccc(CO)cc1. The normalized spacial score (nSPS) is 12.7. The van der Waals surface area contributed by atoms with Crippen LogP contribution in [0.25, 0.3) is 0 Å². The second-order valence-corrected chi connectivity index (χ2v) is 4.86. The fourth-order valence-corrected chi connectivity index (χ4v) is 2.27. The molecule has 1 rings (SSSR count). The molecule has 1 aromatic carbocycles. The van der Waals surface area contributed by atoms with Crippen molar-refractivity contribution >= 4 is 11.8 Å². The Morgan fingerprint density at radius 1 is 1.27 bits per heavy atom. The Hall–Kier alpha value is -0.510. The number of aliphatic hydroxyl groups excluding tert-OH is 1. The predicted octanol–water partition coefficient (Wildman–Crippen LogP) is 2.01. The molecule has 0 aliphatic heterocycles. The Morgan fingerprint density at radius 3 is 2.40 bits per heavy atom. The molecule has 0 aliphatic rings. The Labute approximate surface area is 95.9 Å². The molecule has 0 aliphatic carbocycles. The van der Waals surface area contributed by atoms with Gasteiger partial charge in [0.1, 0.15) is 0 Å². The van der Waals surface area contributed by atoms with Crippen LogP contribution in [0.5, 0.6) is 0 Å². The maximum Gasteiger partial charge on any atom is 0.0681 e. The molecule has 0 bridgehead atoms. The third kappa shape index (κ3) is 4.69. The molecule has 0 amide bonds. The molecule has 3 N–H and O–H groups in total. The number of hydrogen-bond donors (Lipinski definition) is 2. The Morgan fingerprint density at radius 2 is 1.87 bits per heavy atom. The second-order valence-electron chi connectivity index (χ2n) is 3.83. The van der Waals surface area contributed by atoms with Gasteiger partial charge in [-0.3, -0.25) is 0 Å². The van der Waals surface area contributed by atoms with E-state index in [0.717, 1.165) is 23.6 Å². The molecule has 0 spiro atoms. The molecule has 0 saturated heterocycles. The van der Waals surface area contributed by atoms with Crippen LogP contribution < -0.4 is 5.73 Å². The molecule has 3 heteroatoms. The molecule has 2 nitrogen and oxygen atoms in total. The van der Waals surface area contributed by atoms with Crippen molar-refractivity contribution in [2.75, 3.05) is 12.3 Å². The van der Waals surface area contributed by atoms with E-state index in [1.807, 2.05) is 23.9 Å². The first-order valence-corrected chi connectivity index (χ1v) is 6.38. The van der Waals surface area contributed by atoms with Crippen molar-refractivity contribution in [1.82, 2.24) is 0 Å². The van der Waals surface area contributed by atoms with Crippen LogP contribution in [0.2, 0.25) is 0 Å². The summed E-state index contributed by atoms with van der Waals surface area (Å²) in [5.74, 6) is 2.72. The van der Waals surface area contributed by atoms with Crippen molar-refractivity contribution in [3.63, 3.8) is 0 Å². The average molecular weight is 225 g/mol. The standard InChI is InChI=1S/C12H19NOS/c1-10(6-13)8-15-9-12-4-2-11(7-14)3-5-12/h2-5,10,14H,6-9,13H2,1H3. The lowest BCUT2D eigenvalue weighted by Gasteiger charge is -2.07. The van der Waals surface area contributed by atoms with Crippen LogP contribution in [0.1, 0.15) is 18.1 Å². The van der Waals surface area contributed by atoms with Crippen LogP contribution in [0, 0.1) is 5.92 Å². The largest absolute Gasteiger partial charge is 0.392 e. The minimum Gasteiger partial charge on any atom is -0.392 e. The molecule has 1 unspecified atom stereocenters. The highest BCUT2D eigenvalue weighted by atomic mass is 32.2. The van der Waals surface area contributed by atoms with Gasteiger partial charge in [-0.25, -0.2) is 0 Å². The number of nitrogens with two attached hydrogens (primary N) is 1. The van der Waals surface area contributed by atoms with Crippen molar-refractivity contribution in [3.05, 3.63) is 35.4 Å². The maximum atomic E-state index is 8.89. The lowest BCUT2D eigenvalue weighted by atomic mass is 10.2. The monoisotopic (exact) mass is 225 g/mol. The number of aliphatic hydroxyl groups is 1. The molecule has 84 valence electrons. The molecule has 0 radical (unpaired) electrons. The summed E-state index contributed by atoms with van der Waals surface area (Å²) in [6.45, 7) is 3.05. The lowest BCUT2D eigenvalue weighted by Crippen LogP contribution is -2.12. The maximum absolute atomic E-state index is 8.89. The van der Waals surface area contributed by atoms with Gasteiger partial charge in [0.2, 0.25) is 0 Å². The van der Waals surface area contributed by atoms with Gasteiger partial charge in [-0.15, -0.1) is 0 Å². The number of rotatable bonds is 6. The van der Waals surface area contributed by atoms with Crippen LogP contribution in [0.3, 0.4) is 0 Å². The molecule has 1 atom stereocenters. The zero-order chi connectivity index (χ0) is 11.1. The molecule has 15 heavy (non-hydrogen) atoms. The quantitative estimate of drug-likeness (QED) is 0.778. The topological polar surface area (TPSA) is 46.2 Å². The first-order valence-electron chi connectivity index (χ1n) is 5.22. The van der Waals surface area contributed by atoms with Gasteiger partial charge in [-0.05, 0) is 29.3 Å². The van der Waals surface area contributed by atoms with E-state index in [9.17, 15) is 0 Å². The Balaban J connectivity index is 2.31. The first-order chi connectivity index (χ1) is 7.26. The fraction of sp³-hybridized carbons (Fsp3) is 0.500. The zero-order valence-electron chi connectivity index (χ0n) is 9.15. The summed E-state index contributed by atoms with van der Waals surface area (Å²) in [4.78, 5) is 0. The minimum absolute atomic E-state index is 0.123.